The van der Waals surface area contributed by atoms with Crippen LogP contribution in [-0.4, -0.2) is 12.6 Å². The Kier molecular flexibility index (Phi) is 2.76. The molecule has 1 heterocycles. The molecule has 0 atom stereocenters. The molecule has 0 unspecified atom stereocenters. The second kappa shape index (κ2) is 4.04. The lowest BCUT2D eigenvalue weighted by molar-refractivity contribution is 0.652. The van der Waals surface area contributed by atoms with Gasteiger partial charge in [0.25, 0.3) is 0 Å². The van der Waals surface area contributed by atoms with Crippen molar-refractivity contribution < 1.29 is 0 Å². The minimum Gasteiger partial charge on any atom is -0.369 e. The fraction of sp³-hybridized carbons (Fsp3) is 0.538. The maximum Gasteiger partial charge on any atom is 0.0401 e. The van der Waals surface area contributed by atoms with Crippen LogP contribution in [0.3, 0.4) is 0 Å². The van der Waals surface area contributed by atoms with Crippen molar-refractivity contribution in [2.75, 3.05) is 11.4 Å². The van der Waals surface area contributed by atoms with E-state index in [1.165, 1.54) is 37.1 Å². The smallest absolute Gasteiger partial charge is 0.0401 e. The Bertz CT molecular complexity index is 304. The zero-order valence-corrected chi connectivity index (χ0v) is 9.16. The Labute approximate surface area is 86.7 Å². The summed E-state index contributed by atoms with van der Waals surface area (Å²) in [5.41, 5.74) is 2.98. The maximum absolute atomic E-state index is 2.53. The van der Waals surface area contributed by atoms with Crippen molar-refractivity contribution >= 4 is 5.69 Å². The molecular weight excluding hydrogens is 170 g/mol. The van der Waals surface area contributed by atoms with Gasteiger partial charge in [0.2, 0.25) is 0 Å². The first kappa shape index (κ1) is 9.57. The van der Waals surface area contributed by atoms with Crippen molar-refractivity contribution in [3.05, 3.63) is 29.8 Å². The third-order valence-corrected chi connectivity index (χ3v) is 3.02. The van der Waals surface area contributed by atoms with Crippen LogP contribution < -0.4 is 4.90 Å². The average Bonchev–Trinajstić information content (AvgIpc) is 2.39. The minimum absolute atomic E-state index is 0.620. The molecule has 0 saturated heterocycles. The molecule has 2 rings (SSSR count). The van der Waals surface area contributed by atoms with Crippen LogP contribution in [0, 0.1) is 0 Å². The van der Waals surface area contributed by atoms with E-state index in [-0.39, 0.29) is 0 Å². The van der Waals surface area contributed by atoms with Gasteiger partial charge in [-0.05, 0) is 44.7 Å². The lowest BCUT2D eigenvalue weighted by Crippen LogP contribution is -2.31. The lowest BCUT2D eigenvalue weighted by Gasteiger charge is -2.29. The van der Waals surface area contributed by atoms with Crippen LogP contribution in [0.15, 0.2) is 24.3 Å². The van der Waals surface area contributed by atoms with E-state index >= 15 is 0 Å². The van der Waals surface area contributed by atoms with E-state index < -0.39 is 0 Å². The van der Waals surface area contributed by atoms with Crippen LogP contribution >= 0.6 is 0 Å². The van der Waals surface area contributed by atoms with Crippen LogP contribution in [0.2, 0.25) is 0 Å². The monoisotopic (exact) mass is 189 g/mol. The standard InChI is InChI=1S/C13H19N/c1-11(2)14-10-6-5-8-12-7-3-4-9-13(12)14/h3-4,7,9,11H,5-6,8,10H2,1-2H3. The second-order valence-corrected chi connectivity index (χ2v) is 4.37. The van der Waals surface area contributed by atoms with Gasteiger partial charge in [-0.3, -0.25) is 0 Å². The normalized spacial score (nSPS) is 16.6. The zero-order valence-electron chi connectivity index (χ0n) is 9.16. The van der Waals surface area contributed by atoms with Gasteiger partial charge in [-0.25, -0.2) is 0 Å². The molecule has 0 bridgehead atoms. The fourth-order valence-electron chi connectivity index (χ4n) is 2.26. The van der Waals surface area contributed by atoms with E-state index in [2.05, 4.69) is 43.0 Å². The lowest BCUT2D eigenvalue weighted by atomic mass is 10.1. The van der Waals surface area contributed by atoms with Crippen LogP contribution in [0.5, 0.6) is 0 Å². The predicted molar refractivity (Wildman–Crippen MR) is 61.9 cm³/mol. The van der Waals surface area contributed by atoms with E-state index in [0.29, 0.717) is 6.04 Å². The molecule has 0 aromatic heterocycles. The second-order valence-electron chi connectivity index (χ2n) is 4.37. The van der Waals surface area contributed by atoms with Gasteiger partial charge in [0.1, 0.15) is 0 Å². The zero-order chi connectivity index (χ0) is 9.97. The van der Waals surface area contributed by atoms with Crippen LogP contribution in [0.25, 0.3) is 0 Å². The molecule has 76 valence electrons. The molecule has 1 nitrogen and oxygen atoms in total. The number of hydrogen-bond donors (Lipinski definition) is 0. The summed E-state index contributed by atoms with van der Waals surface area (Å²) in [6, 6.07) is 9.47. The molecule has 0 radical (unpaired) electrons. The van der Waals surface area contributed by atoms with Gasteiger partial charge in [-0.2, -0.15) is 0 Å². The van der Waals surface area contributed by atoms with Gasteiger partial charge in [0, 0.05) is 18.3 Å². The summed E-state index contributed by atoms with van der Waals surface area (Å²) in [6.45, 7) is 5.78. The van der Waals surface area contributed by atoms with E-state index in [1.807, 2.05) is 0 Å². The van der Waals surface area contributed by atoms with E-state index in [9.17, 15) is 0 Å². The highest BCUT2D eigenvalue weighted by molar-refractivity contribution is 5.54. The van der Waals surface area contributed by atoms with Gasteiger partial charge in [-0.15, -0.1) is 0 Å². The van der Waals surface area contributed by atoms with Crippen LogP contribution in [0.4, 0.5) is 5.69 Å². The topological polar surface area (TPSA) is 3.24 Å². The highest BCUT2D eigenvalue weighted by Crippen LogP contribution is 2.27. The van der Waals surface area contributed by atoms with Gasteiger partial charge >= 0.3 is 0 Å². The first-order valence-electron chi connectivity index (χ1n) is 5.63. The number of anilines is 1. The van der Waals surface area contributed by atoms with Crippen LogP contribution in [0.1, 0.15) is 32.3 Å². The summed E-state index contributed by atoms with van der Waals surface area (Å²) >= 11 is 0. The summed E-state index contributed by atoms with van der Waals surface area (Å²) < 4.78 is 0. The van der Waals surface area contributed by atoms with Crippen molar-refractivity contribution in [3.8, 4) is 0 Å². The molecule has 1 aliphatic rings. The van der Waals surface area contributed by atoms with Gasteiger partial charge < -0.3 is 4.90 Å². The molecule has 0 fully saturated rings. The molecule has 0 N–H and O–H groups in total. The largest absolute Gasteiger partial charge is 0.369 e. The number of nitrogens with zero attached hydrogens (tertiary/aromatic N) is 1. The Hall–Kier alpha value is -0.980. The molecule has 0 spiro atoms. The molecule has 1 aliphatic heterocycles. The van der Waals surface area contributed by atoms with E-state index in [4.69, 9.17) is 0 Å². The number of rotatable bonds is 1. The van der Waals surface area contributed by atoms with Crippen molar-refractivity contribution in [3.63, 3.8) is 0 Å². The third-order valence-electron chi connectivity index (χ3n) is 3.02. The quantitative estimate of drug-likeness (QED) is 0.655. The molecule has 1 heteroatoms. The van der Waals surface area contributed by atoms with Crippen LogP contribution in [-0.2, 0) is 6.42 Å². The van der Waals surface area contributed by atoms with Gasteiger partial charge in [0.15, 0.2) is 0 Å². The number of aryl methyl sites for hydroxylation is 1. The van der Waals surface area contributed by atoms with E-state index in [1.54, 1.807) is 0 Å². The van der Waals surface area contributed by atoms with Gasteiger partial charge in [0.05, 0.1) is 0 Å². The Morgan fingerprint density at radius 3 is 2.71 bits per heavy atom. The summed E-state index contributed by atoms with van der Waals surface area (Å²) in [7, 11) is 0. The predicted octanol–water partition coefficient (Wildman–Crippen LogP) is 3.24. The Balaban J connectivity index is 2.37. The highest BCUT2D eigenvalue weighted by Gasteiger charge is 2.16. The molecule has 0 amide bonds. The molecule has 1 aromatic rings. The fourth-order valence-corrected chi connectivity index (χ4v) is 2.26. The van der Waals surface area contributed by atoms with Crippen molar-refractivity contribution in [2.24, 2.45) is 0 Å². The van der Waals surface area contributed by atoms with Crippen molar-refractivity contribution in [1.82, 2.24) is 0 Å². The molecule has 0 saturated carbocycles. The maximum atomic E-state index is 2.53. The molecule has 0 aliphatic carbocycles. The highest BCUT2D eigenvalue weighted by atomic mass is 15.2. The summed E-state index contributed by atoms with van der Waals surface area (Å²) in [5, 5.41) is 0. The molecule has 1 aromatic carbocycles. The average molecular weight is 189 g/mol. The van der Waals surface area contributed by atoms with E-state index in [0.717, 1.165) is 0 Å². The Morgan fingerprint density at radius 2 is 1.93 bits per heavy atom. The number of hydrogen-bond acceptors (Lipinski definition) is 1. The number of fused-ring (bicyclic) bond motifs is 1. The number of para-hydroxylation sites is 1. The summed E-state index contributed by atoms with van der Waals surface area (Å²) in [6.07, 6.45) is 3.91. The number of benzene rings is 1. The minimum atomic E-state index is 0.620. The Morgan fingerprint density at radius 1 is 1.14 bits per heavy atom. The van der Waals surface area contributed by atoms with Gasteiger partial charge in [-0.1, -0.05) is 18.2 Å². The first-order valence-corrected chi connectivity index (χ1v) is 5.63. The van der Waals surface area contributed by atoms with Crippen molar-refractivity contribution in [1.29, 1.82) is 0 Å². The summed E-state index contributed by atoms with van der Waals surface area (Å²) in [4.78, 5) is 2.53. The first-order chi connectivity index (χ1) is 6.79. The van der Waals surface area contributed by atoms with Crippen molar-refractivity contribution in [2.45, 2.75) is 39.2 Å². The SMILES string of the molecule is CC(C)N1CCCCc2ccccc21. The third kappa shape index (κ3) is 1.77. The summed E-state index contributed by atoms with van der Waals surface area (Å²) in [5.74, 6) is 0. The molecule has 14 heavy (non-hydrogen) atoms. The molecular formula is C13H19N.